The molecule has 0 aliphatic carbocycles. The molecule has 0 spiro atoms. The van der Waals surface area contributed by atoms with Crippen LogP contribution < -0.4 is 5.32 Å². The molecule has 21 heavy (non-hydrogen) atoms. The molecule has 7 nitrogen and oxygen atoms in total. The smallest absolute Gasteiger partial charge is 0.303 e. The fourth-order valence-electron chi connectivity index (χ4n) is 1.75. The van der Waals surface area contributed by atoms with E-state index >= 15 is 0 Å². The molecular formula is C13H18ClN3O4. The summed E-state index contributed by atoms with van der Waals surface area (Å²) < 4.78 is 0. The molecule has 1 heterocycles. The van der Waals surface area contributed by atoms with Gasteiger partial charge >= 0.3 is 5.97 Å². The van der Waals surface area contributed by atoms with Crippen molar-refractivity contribution in [3.63, 3.8) is 0 Å². The van der Waals surface area contributed by atoms with Crippen molar-refractivity contribution in [2.45, 2.75) is 33.1 Å². The van der Waals surface area contributed by atoms with Crippen molar-refractivity contribution >= 4 is 29.1 Å². The number of aliphatic carboxylic acids is 1. The van der Waals surface area contributed by atoms with Crippen LogP contribution in [0.25, 0.3) is 0 Å². The Kier molecular flexibility index (Phi) is 5.90. The molecule has 0 saturated carbocycles. The van der Waals surface area contributed by atoms with Crippen molar-refractivity contribution in [2.75, 3.05) is 11.9 Å². The molecule has 116 valence electrons. The predicted molar refractivity (Wildman–Crippen MR) is 79.7 cm³/mol. The molecule has 0 aliphatic heterocycles. The molecule has 2 N–H and O–H groups in total. The molecule has 8 heteroatoms. The van der Waals surface area contributed by atoms with Crippen LogP contribution in [0.1, 0.15) is 33.1 Å². The Balaban J connectivity index is 2.52. The Bertz CT molecular complexity index is 534. The largest absolute Gasteiger partial charge is 0.481 e. The second kappa shape index (κ2) is 7.21. The van der Waals surface area contributed by atoms with Crippen molar-refractivity contribution in [1.29, 1.82) is 0 Å². The van der Waals surface area contributed by atoms with Crippen LogP contribution in [0, 0.1) is 15.5 Å². The number of anilines is 1. The number of carboxylic acid groups (broad SMARTS) is 1. The number of carbonyl (C=O) groups is 1. The van der Waals surface area contributed by atoms with Gasteiger partial charge in [0.05, 0.1) is 9.95 Å². The summed E-state index contributed by atoms with van der Waals surface area (Å²) in [5, 5.41) is 22.5. The van der Waals surface area contributed by atoms with Crippen molar-refractivity contribution in [1.82, 2.24) is 4.98 Å². The summed E-state index contributed by atoms with van der Waals surface area (Å²) in [7, 11) is 0. The van der Waals surface area contributed by atoms with E-state index in [1.165, 1.54) is 6.07 Å². The van der Waals surface area contributed by atoms with Gasteiger partial charge in [0, 0.05) is 19.0 Å². The molecule has 0 radical (unpaired) electrons. The maximum absolute atomic E-state index is 10.6. The van der Waals surface area contributed by atoms with E-state index < -0.39 is 10.9 Å². The summed E-state index contributed by atoms with van der Waals surface area (Å²) in [6, 6.07) is 1.24. The number of carboxylic acids is 1. The predicted octanol–water partition coefficient (Wildman–Crippen LogP) is 3.34. The SMILES string of the molecule is CC(C)(CCNc1ncc([N+](=O)[O-])cc1Cl)CCC(=O)O. The number of hydrogen-bond acceptors (Lipinski definition) is 5. The third kappa shape index (κ3) is 5.95. The van der Waals surface area contributed by atoms with Crippen molar-refractivity contribution in [3.05, 3.63) is 27.4 Å². The molecule has 1 aromatic heterocycles. The van der Waals surface area contributed by atoms with E-state index in [1.807, 2.05) is 13.8 Å². The lowest BCUT2D eigenvalue weighted by atomic mass is 9.84. The lowest BCUT2D eigenvalue weighted by molar-refractivity contribution is -0.385. The number of pyridine rings is 1. The van der Waals surface area contributed by atoms with Crippen LogP contribution in [0.2, 0.25) is 5.02 Å². The number of halogens is 1. The van der Waals surface area contributed by atoms with Gasteiger partial charge in [-0.1, -0.05) is 25.4 Å². The first-order valence-corrected chi connectivity index (χ1v) is 6.85. The van der Waals surface area contributed by atoms with E-state index in [1.54, 1.807) is 0 Å². The van der Waals surface area contributed by atoms with Gasteiger partial charge in [0.25, 0.3) is 5.69 Å². The third-order valence-electron chi connectivity index (χ3n) is 3.15. The first kappa shape index (κ1) is 17.2. The van der Waals surface area contributed by atoms with Gasteiger partial charge in [-0.2, -0.15) is 0 Å². The maximum Gasteiger partial charge on any atom is 0.303 e. The summed E-state index contributed by atoms with van der Waals surface area (Å²) in [6.45, 7) is 4.53. The topological polar surface area (TPSA) is 105 Å². The van der Waals surface area contributed by atoms with Crippen LogP contribution in [-0.2, 0) is 4.79 Å². The minimum absolute atomic E-state index is 0.126. The van der Waals surface area contributed by atoms with Gasteiger partial charge in [-0.05, 0) is 18.3 Å². The van der Waals surface area contributed by atoms with Gasteiger partial charge in [-0.15, -0.1) is 0 Å². The third-order valence-corrected chi connectivity index (χ3v) is 3.44. The van der Waals surface area contributed by atoms with Crippen LogP contribution in [-0.4, -0.2) is 27.5 Å². The summed E-state index contributed by atoms with van der Waals surface area (Å²) in [4.78, 5) is 24.5. The number of nitrogens with one attached hydrogen (secondary N) is 1. The molecule has 0 atom stereocenters. The van der Waals surface area contributed by atoms with E-state index in [-0.39, 0.29) is 22.5 Å². The molecule has 0 aliphatic rings. The first-order valence-electron chi connectivity index (χ1n) is 6.47. The highest BCUT2D eigenvalue weighted by Gasteiger charge is 2.19. The van der Waals surface area contributed by atoms with Gasteiger partial charge in [-0.3, -0.25) is 14.9 Å². The van der Waals surface area contributed by atoms with E-state index in [4.69, 9.17) is 16.7 Å². The minimum atomic E-state index is -0.809. The van der Waals surface area contributed by atoms with Gasteiger partial charge in [-0.25, -0.2) is 4.98 Å². The van der Waals surface area contributed by atoms with Crippen LogP contribution in [0.3, 0.4) is 0 Å². The van der Waals surface area contributed by atoms with Gasteiger partial charge < -0.3 is 10.4 Å². The molecule has 1 rings (SSSR count). The summed E-state index contributed by atoms with van der Waals surface area (Å²) in [5.74, 6) is -0.424. The molecule has 0 bridgehead atoms. The van der Waals surface area contributed by atoms with Crippen LogP contribution in [0.15, 0.2) is 12.3 Å². The standard InChI is InChI=1S/C13H18ClN3O4/c1-13(2,4-3-11(18)19)5-6-15-12-10(14)7-9(8-16-12)17(20)21/h7-8H,3-6H2,1-2H3,(H,15,16)(H,18,19). The molecule has 0 fully saturated rings. The van der Waals surface area contributed by atoms with E-state index in [0.29, 0.717) is 18.8 Å². The van der Waals surface area contributed by atoms with Crippen LogP contribution in [0.4, 0.5) is 11.5 Å². The zero-order chi connectivity index (χ0) is 16.0. The highest BCUT2D eigenvalue weighted by molar-refractivity contribution is 6.33. The summed E-state index contributed by atoms with van der Waals surface area (Å²) in [6.07, 6.45) is 2.58. The van der Waals surface area contributed by atoms with Gasteiger partial charge in [0.15, 0.2) is 0 Å². The quantitative estimate of drug-likeness (QED) is 0.563. The monoisotopic (exact) mass is 315 g/mol. The first-order chi connectivity index (χ1) is 9.71. The molecule has 0 saturated heterocycles. The minimum Gasteiger partial charge on any atom is -0.481 e. The Labute approximate surface area is 127 Å². The second-order valence-corrected chi connectivity index (χ2v) is 5.92. The van der Waals surface area contributed by atoms with E-state index in [9.17, 15) is 14.9 Å². The normalized spacial score (nSPS) is 11.2. The van der Waals surface area contributed by atoms with E-state index in [2.05, 4.69) is 10.3 Å². The summed E-state index contributed by atoms with van der Waals surface area (Å²) in [5.41, 5.74) is -0.286. The molecule has 0 amide bonds. The number of rotatable bonds is 8. The molecule has 0 unspecified atom stereocenters. The van der Waals surface area contributed by atoms with Gasteiger partial charge in [0.1, 0.15) is 12.0 Å². The fraction of sp³-hybridized carbons (Fsp3) is 0.538. The summed E-state index contributed by atoms with van der Waals surface area (Å²) >= 11 is 5.92. The Morgan fingerprint density at radius 2 is 2.19 bits per heavy atom. The number of nitro groups is 1. The highest BCUT2D eigenvalue weighted by atomic mass is 35.5. The Morgan fingerprint density at radius 3 is 2.71 bits per heavy atom. The lowest BCUT2D eigenvalue weighted by Gasteiger charge is -2.24. The van der Waals surface area contributed by atoms with Crippen molar-refractivity contribution in [2.24, 2.45) is 5.41 Å². The van der Waals surface area contributed by atoms with E-state index in [0.717, 1.165) is 12.6 Å². The van der Waals surface area contributed by atoms with Crippen LogP contribution in [0.5, 0.6) is 0 Å². The number of hydrogen-bond donors (Lipinski definition) is 2. The average Bonchev–Trinajstić information content (AvgIpc) is 2.38. The maximum atomic E-state index is 10.6. The number of aromatic nitrogens is 1. The molecular weight excluding hydrogens is 298 g/mol. The molecule has 0 aromatic carbocycles. The van der Waals surface area contributed by atoms with Gasteiger partial charge in [0.2, 0.25) is 0 Å². The highest BCUT2D eigenvalue weighted by Crippen LogP contribution is 2.28. The van der Waals surface area contributed by atoms with Crippen LogP contribution >= 0.6 is 11.6 Å². The lowest BCUT2D eigenvalue weighted by Crippen LogP contribution is -2.18. The van der Waals surface area contributed by atoms with Crippen molar-refractivity contribution < 1.29 is 14.8 Å². The van der Waals surface area contributed by atoms with Crippen molar-refractivity contribution in [3.8, 4) is 0 Å². The second-order valence-electron chi connectivity index (χ2n) is 5.52. The Hall–Kier alpha value is -1.89. The average molecular weight is 316 g/mol. The Morgan fingerprint density at radius 1 is 1.52 bits per heavy atom. The molecule has 1 aromatic rings. The zero-order valence-electron chi connectivity index (χ0n) is 11.9. The zero-order valence-corrected chi connectivity index (χ0v) is 12.7. The number of nitrogens with zero attached hydrogens (tertiary/aromatic N) is 2. The fourth-order valence-corrected chi connectivity index (χ4v) is 1.97.